The number of carbonyl (C=O) groups excluding carboxylic acids is 1. The van der Waals surface area contributed by atoms with Crippen LogP contribution in [0.5, 0.6) is 0 Å². The van der Waals surface area contributed by atoms with Gasteiger partial charge in [-0.05, 0) is 19.8 Å². The third kappa shape index (κ3) is 1.44. The van der Waals surface area contributed by atoms with E-state index in [9.17, 15) is 4.79 Å². The van der Waals surface area contributed by atoms with E-state index >= 15 is 0 Å². The third-order valence-corrected chi connectivity index (χ3v) is 2.75. The van der Waals surface area contributed by atoms with Crippen LogP contribution >= 0.6 is 0 Å². The van der Waals surface area contributed by atoms with Crippen molar-refractivity contribution in [3.63, 3.8) is 0 Å². The Balaban J connectivity index is 2.12. The summed E-state index contributed by atoms with van der Waals surface area (Å²) in [4.78, 5) is 15.2. The van der Waals surface area contributed by atoms with Gasteiger partial charge in [-0.25, -0.2) is 9.50 Å². The zero-order chi connectivity index (χ0) is 11.1. The Morgan fingerprint density at radius 2 is 2.38 bits per heavy atom. The van der Waals surface area contributed by atoms with Crippen molar-refractivity contribution >= 4 is 17.8 Å². The first-order valence-corrected chi connectivity index (χ1v) is 5.34. The summed E-state index contributed by atoms with van der Waals surface area (Å²) in [5, 5.41) is 7.43. The van der Waals surface area contributed by atoms with Gasteiger partial charge in [-0.15, -0.1) is 0 Å². The van der Waals surface area contributed by atoms with Crippen molar-refractivity contribution in [3.05, 3.63) is 23.5 Å². The second-order valence-corrected chi connectivity index (χ2v) is 4.18. The van der Waals surface area contributed by atoms with Gasteiger partial charge in [-0.1, -0.05) is 0 Å². The minimum Gasteiger partial charge on any atom is -0.367 e. The first-order valence-electron chi connectivity index (χ1n) is 5.34. The Labute approximate surface area is 92.5 Å². The van der Waals surface area contributed by atoms with Crippen LogP contribution in [0.2, 0.25) is 0 Å². The fraction of sp³-hybridized carbons (Fsp3) is 0.364. The van der Waals surface area contributed by atoms with E-state index in [1.165, 1.54) is 19.0 Å². The van der Waals surface area contributed by atoms with Crippen LogP contribution in [-0.2, 0) is 0 Å². The molecule has 1 fully saturated rings. The number of aromatic nitrogens is 3. The van der Waals surface area contributed by atoms with Crippen LogP contribution in [0.15, 0.2) is 12.4 Å². The number of aryl methyl sites for hydroxylation is 1. The van der Waals surface area contributed by atoms with Crippen molar-refractivity contribution in [1.82, 2.24) is 14.6 Å². The van der Waals surface area contributed by atoms with Gasteiger partial charge < -0.3 is 5.32 Å². The fourth-order valence-electron chi connectivity index (χ4n) is 1.67. The molecular formula is C11H12N4O. The zero-order valence-corrected chi connectivity index (χ0v) is 8.97. The van der Waals surface area contributed by atoms with Crippen molar-refractivity contribution in [2.45, 2.75) is 25.8 Å². The highest BCUT2D eigenvalue weighted by atomic mass is 16.1. The van der Waals surface area contributed by atoms with E-state index in [-0.39, 0.29) is 0 Å². The summed E-state index contributed by atoms with van der Waals surface area (Å²) < 4.78 is 1.64. The molecule has 0 aromatic carbocycles. The summed E-state index contributed by atoms with van der Waals surface area (Å²) in [5.41, 5.74) is 2.18. The number of carbonyl (C=O) groups is 1. The van der Waals surface area contributed by atoms with Crippen molar-refractivity contribution in [2.24, 2.45) is 0 Å². The lowest BCUT2D eigenvalue weighted by Crippen LogP contribution is -2.07. The van der Waals surface area contributed by atoms with Crippen LogP contribution in [0, 0.1) is 6.92 Å². The number of rotatable bonds is 3. The van der Waals surface area contributed by atoms with Crippen LogP contribution in [0.3, 0.4) is 0 Å². The molecule has 2 aromatic rings. The molecule has 0 aliphatic heterocycles. The molecule has 16 heavy (non-hydrogen) atoms. The lowest BCUT2D eigenvalue weighted by atomic mass is 10.3. The number of fused-ring (bicyclic) bond motifs is 1. The molecule has 2 heterocycles. The molecule has 5 heteroatoms. The van der Waals surface area contributed by atoms with Crippen LogP contribution in [0.1, 0.15) is 28.8 Å². The molecule has 2 aromatic heterocycles. The van der Waals surface area contributed by atoms with Gasteiger partial charge >= 0.3 is 0 Å². The summed E-state index contributed by atoms with van der Waals surface area (Å²) in [6.45, 7) is 1.99. The van der Waals surface area contributed by atoms with Gasteiger partial charge in [-0.2, -0.15) is 5.10 Å². The highest BCUT2D eigenvalue weighted by molar-refractivity contribution is 5.84. The first-order chi connectivity index (χ1) is 7.78. The minimum atomic E-state index is 0.527. The number of hydrogen-bond acceptors (Lipinski definition) is 4. The molecule has 0 spiro atoms. The van der Waals surface area contributed by atoms with E-state index in [0.29, 0.717) is 17.3 Å². The van der Waals surface area contributed by atoms with E-state index in [2.05, 4.69) is 15.4 Å². The lowest BCUT2D eigenvalue weighted by molar-refractivity contribution is 0.112. The maximum absolute atomic E-state index is 10.8. The average molecular weight is 216 g/mol. The number of hydrogen-bond donors (Lipinski definition) is 1. The maximum Gasteiger partial charge on any atom is 0.167 e. The fourth-order valence-corrected chi connectivity index (χ4v) is 1.67. The predicted octanol–water partition coefficient (Wildman–Crippen LogP) is 1.42. The molecule has 0 unspecified atom stereocenters. The topological polar surface area (TPSA) is 59.3 Å². The smallest absolute Gasteiger partial charge is 0.167 e. The monoisotopic (exact) mass is 216 g/mol. The van der Waals surface area contributed by atoms with Crippen LogP contribution in [0.4, 0.5) is 5.82 Å². The van der Waals surface area contributed by atoms with E-state index in [1.54, 1.807) is 4.52 Å². The Hall–Kier alpha value is -1.91. The van der Waals surface area contributed by atoms with Gasteiger partial charge in [0, 0.05) is 17.8 Å². The molecular weight excluding hydrogens is 204 g/mol. The van der Waals surface area contributed by atoms with Gasteiger partial charge in [0.2, 0.25) is 0 Å². The standard InChI is InChI=1S/C11H12N4O/c1-7-5-15-11(8(6-16)4-12-15)14-10(7)13-9-2-3-9/h4-6,9H,2-3H2,1H3,(H,13,14). The molecule has 0 amide bonds. The van der Waals surface area contributed by atoms with Crippen molar-refractivity contribution < 1.29 is 4.79 Å². The normalized spacial score (nSPS) is 15.3. The summed E-state index contributed by atoms with van der Waals surface area (Å²) in [6.07, 6.45) is 6.61. The molecule has 1 aliphatic rings. The lowest BCUT2D eigenvalue weighted by Gasteiger charge is -2.07. The van der Waals surface area contributed by atoms with E-state index in [1.807, 2.05) is 13.1 Å². The van der Waals surface area contributed by atoms with Gasteiger partial charge in [-0.3, -0.25) is 4.79 Å². The second-order valence-electron chi connectivity index (χ2n) is 4.18. The highest BCUT2D eigenvalue weighted by Crippen LogP contribution is 2.25. The Bertz CT molecular complexity index is 556. The van der Waals surface area contributed by atoms with Crippen LogP contribution < -0.4 is 5.32 Å². The van der Waals surface area contributed by atoms with E-state index in [0.717, 1.165) is 17.7 Å². The number of aldehydes is 1. The van der Waals surface area contributed by atoms with E-state index < -0.39 is 0 Å². The quantitative estimate of drug-likeness (QED) is 0.788. The average Bonchev–Trinajstić information content (AvgIpc) is 3.00. The molecule has 1 saturated carbocycles. The van der Waals surface area contributed by atoms with Crippen LogP contribution in [-0.4, -0.2) is 26.9 Å². The zero-order valence-electron chi connectivity index (χ0n) is 8.97. The molecule has 82 valence electrons. The van der Waals surface area contributed by atoms with Gasteiger partial charge in [0.15, 0.2) is 11.9 Å². The molecule has 0 saturated heterocycles. The van der Waals surface area contributed by atoms with Crippen molar-refractivity contribution in [3.8, 4) is 0 Å². The van der Waals surface area contributed by atoms with Crippen LogP contribution in [0.25, 0.3) is 5.65 Å². The molecule has 0 radical (unpaired) electrons. The molecule has 0 bridgehead atoms. The molecule has 1 N–H and O–H groups in total. The number of anilines is 1. The largest absolute Gasteiger partial charge is 0.367 e. The third-order valence-electron chi connectivity index (χ3n) is 2.75. The minimum absolute atomic E-state index is 0.527. The van der Waals surface area contributed by atoms with Crippen molar-refractivity contribution in [2.75, 3.05) is 5.32 Å². The maximum atomic E-state index is 10.8. The predicted molar refractivity (Wildman–Crippen MR) is 59.8 cm³/mol. The summed E-state index contributed by atoms with van der Waals surface area (Å²) in [6, 6.07) is 0.552. The molecule has 3 rings (SSSR count). The van der Waals surface area contributed by atoms with Crippen molar-refractivity contribution in [1.29, 1.82) is 0 Å². The number of nitrogens with zero attached hydrogens (tertiary/aromatic N) is 3. The SMILES string of the molecule is Cc1cn2ncc(C=O)c2nc1NC1CC1. The Morgan fingerprint density at radius 3 is 3.06 bits per heavy atom. The second kappa shape index (κ2) is 3.30. The van der Waals surface area contributed by atoms with Gasteiger partial charge in [0.05, 0.1) is 11.8 Å². The Kier molecular flexibility index (Phi) is 1.92. The van der Waals surface area contributed by atoms with Gasteiger partial charge in [0.1, 0.15) is 5.82 Å². The summed E-state index contributed by atoms with van der Waals surface area (Å²) in [7, 11) is 0. The molecule has 0 atom stereocenters. The van der Waals surface area contributed by atoms with E-state index in [4.69, 9.17) is 0 Å². The summed E-state index contributed by atoms with van der Waals surface area (Å²) in [5.74, 6) is 0.860. The highest BCUT2D eigenvalue weighted by Gasteiger charge is 2.22. The first kappa shape index (κ1) is 9.33. The number of nitrogens with one attached hydrogen (secondary N) is 1. The molecule has 5 nitrogen and oxygen atoms in total. The Morgan fingerprint density at radius 1 is 1.56 bits per heavy atom. The molecule has 1 aliphatic carbocycles. The summed E-state index contributed by atoms with van der Waals surface area (Å²) >= 11 is 0. The van der Waals surface area contributed by atoms with Gasteiger partial charge in [0.25, 0.3) is 0 Å².